The lowest BCUT2D eigenvalue weighted by atomic mass is 10.1. The molecule has 6 heteroatoms. The van der Waals surface area contributed by atoms with E-state index in [0.29, 0.717) is 22.6 Å². The molecule has 1 aliphatic rings. The number of unbranched alkanes of at least 4 members (excludes halogenated alkanes) is 1. The van der Waals surface area contributed by atoms with Crippen LogP contribution in [0.25, 0.3) is 0 Å². The minimum Gasteiger partial charge on any atom is -0.354 e. The van der Waals surface area contributed by atoms with Crippen molar-refractivity contribution < 1.29 is 14.4 Å². The molecule has 0 radical (unpaired) electrons. The molecule has 1 aromatic carbocycles. The Balaban J connectivity index is 1.93. The van der Waals surface area contributed by atoms with Crippen molar-refractivity contribution in [3.8, 4) is 0 Å². The summed E-state index contributed by atoms with van der Waals surface area (Å²) < 4.78 is 0. The Morgan fingerprint density at radius 1 is 1.24 bits per heavy atom. The maximum Gasteiger partial charge on any atom is 0.261 e. The molecule has 0 aliphatic carbocycles. The first-order valence-electron chi connectivity index (χ1n) is 6.97. The van der Waals surface area contributed by atoms with Gasteiger partial charge in [0.15, 0.2) is 0 Å². The smallest absolute Gasteiger partial charge is 0.261 e. The molecule has 0 atom stereocenters. The zero-order chi connectivity index (χ0) is 15.4. The third-order valence-electron chi connectivity index (χ3n) is 3.35. The van der Waals surface area contributed by atoms with Crippen molar-refractivity contribution in [3.05, 3.63) is 34.3 Å². The molecule has 0 fully saturated rings. The molecule has 0 unspecified atom stereocenters. The average Bonchev–Trinajstić information content (AvgIpc) is 2.69. The average molecular weight is 309 g/mol. The number of hydrogen-bond acceptors (Lipinski definition) is 3. The summed E-state index contributed by atoms with van der Waals surface area (Å²) in [4.78, 5) is 36.9. The second-order valence-electron chi connectivity index (χ2n) is 4.91. The summed E-state index contributed by atoms with van der Waals surface area (Å²) in [6.07, 6.45) is 2.25. The van der Waals surface area contributed by atoms with E-state index < -0.39 is 0 Å². The SMILES string of the molecule is CCCCC(=O)NCCN1C(=O)c2ccc(Cl)cc2C1=O. The van der Waals surface area contributed by atoms with E-state index in [1.165, 1.54) is 6.07 Å². The van der Waals surface area contributed by atoms with Crippen LogP contribution in [0.3, 0.4) is 0 Å². The highest BCUT2D eigenvalue weighted by molar-refractivity contribution is 6.32. The largest absolute Gasteiger partial charge is 0.354 e. The van der Waals surface area contributed by atoms with Crippen molar-refractivity contribution in [3.63, 3.8) is 0 Å². The summed E-state index contributed by atoms with van der Waals surface area (Å²) in [7, 11) is 0. The number of hydrogen-bond donors (Lipinski definition) is 1. The minimum atomic E-state index is -0.361. The second-order valence-corrected chi connectivity index (χ2v) is 5.34. The summed E-state index contributed by atoms with van der Waals surface area (Å²) in [6.45, 7) is 2.45. The highest BCUT2D eigenvalue weighted by Gasteiger charge is 2.35. The van der Waals surface area contributed by atoms with Gasteiger partial charge in [-0.2, -0.15) is 0 Å². The molecule has 3 amide bonds. The van der Waals surface area contributed by atoms with Gasteiger partial charge in [0.05, 0.1) is 11.1 Å². The van der Waals surface area contributed by atoms with Gasteiger partial charge in [-0.25, -0.2) is 0 Å². The van der Waals surface area contributed by atoms with Crippen LogP contribution in [0, 0.1) is 0 Å². The maximum absolute atomic E-state index is 12.1. The van der Waals surface area contributed by atoms with Crippen molar-refractivity contribution in [2.75, 3.05) is 13.1 Å². The van der Waals surface area contributed by atoms with E-state index in [9.17, 15) is 14.4 Å². The van der Waals surface area contributed by atoms with Crippen molar-refractivity contribution in [2.24, 2.45) is 0 Å². The van der Waals surface area contributed by atoms with Crippen LogP contribution < -0.4 is 5.32 Å². The Bertz CT molecular complexity index is 586. The second kappa shape index (κ2) is 6.72. The first-order valence-corrected chi connectivity index (χ1v) is 7.35. The van der Waals surface area contributed by atoms with Gasteiger partial charge >= 0.3 is 0 Å². The van der Waals surface area contributed by atoms with Gasteiger partial charge in [0.25, 0.3) is 11.8 Å². The number of rotatable bonds is 6. The number of imide groups is 1. The monoisotopic (exact) mass is 308 g/mol. The number of nitrogens with zero attached hydrogens (tertiary/aromatic N) is 1. The van der Waals surface area contributed by atoms with Crippen molar-refractivity contribution >= 4 is 29.3 Å². The molecule has 0 saturated heterocycles. The Hall–Kier alpha value is -1.88. The molecule has 2 rings (SSSR count). The first kappa shape index (κ1) is 15.5. The van der Waals surface area contributed by atoms with Gasteiger partial charge in [-0.05, 0) is 24.6 Å². The van der Waals surface area contributed by atoms with Crippen LogP contribution in [-0.4, -0.2) is 35.7 Å². The van der Waals surface area contributed by atoms with Gasteiger partial charge in [0.2, 0.25) is 5.91 Å². The van der Waals surface area contributed by atoms with Crippen molar-refractivity contribution in [1.29, 1.82) is 0 Å². The zero-order valence-electron chi connectivity index (χ0n) is 11.8. The van der Waals surface area contributed by atoms with E-state index in [-0.39, 0.29) is 30.8 Å². The first-order chi connectivity index (χ1) is 10.0. The lowest BCUT2D eigenvalue weighted by Crippen LogP contribution is -2.38. The van der Waals surface area contributed by atoms with E-state index in [4.69, 9.17) is 11.6 Å². The highest BCUT2D eigenvalue weighted by atomic mass is 35.5. The number of benzene rings is 1. The standard InChI is InChI=1S/C15H17ClN2O3/c1-2-3-4-13(19)17-7-8-18-14(20)11-6-5-10(16)9-12(11)15(18)21/h5-6,9H,2-4,7-8H2,1H3,(H,17,19). The fourth-order valence-corrected chi connectivity index (χ4v) is 2.37. The van der Waals surface area contributed by atoms with E-state index in [2.05, 4.69) is 5.32 Å². The van der Waals surface area contributed by atoms with Crippen molar-refractivity contribution in [2.45, 2.75) is 26.2 Å². The predicted molar refractivity (Wildman–Crippen MR) is 79.4 cm³/mol. The van der Waals surface area contributed by atoms with Gasteiger partial charge in [0.1, 0.15) is 0 Å². The van der Waals surface area contributed by atoms with Crippen LogP contribution in [0.4, 0.5) is 0 Å². The quantitative estimate of drug-likeness (QED) is 0.820. The van der Waals surface area contributed by atoms with Gasteiger partial charge in [-0.3, -0.25) is 19.3 Å². The minimum absolute atomic E-state index is 0.0588. The summed E-state index contributed by atoms with van der Waals surface area (Å²) in [6, 6.07) is 4.64. The van der Waals surface area contributed by atoms with Crippen LogP contribution in [0.2, 0.25) is 5.02 Å². The molecule has 0 spiro atoms. The van der Waals surface area contributed by atoms with Gasteiger partial charge < -0.3 is 5.32 Å². The molecule has 5 nitrogen and oxygen atoms in total. The van der Waals surface area contributed by atoms with Crippen LogP contribution in [0.15, 0.2) is 18.2 Å². The summed E-state index contributed by atoms with van der Waals surface area (Å²) in [5.41, 5.74) is 0.687. The fraction of sp³-hybridized carbons (Fsp3) is 0.400. The maximum atomic E-state index is 12.1. The zero-order valence-corrected chi connectivity index (χ0v) is 12.6. The predicted octanol–water partition coefficient (Wildman–Crippen LogP) is 2.24. The number of amides is 3. The summed E-state index contributed by atoms with van der Waals surface area (Å²) >= 11 is 5.84. The van der Waals surface area contributed by atoms with E-state index >= 15 is 0 Å². The van der Waals surface area contributed by atoms with Gasteiger partial charge in [0, 0.05) is 24.5 Å². The fourth-order valence-electron chi connectivity index (χ4n) is 2.20. The molecule has 1 heterocycles. The third kappa shape index (κ3) is 3.42. The molecule has 0 bridgehead atoms. The van der Waals surface area contributed by atoms with Crippen LogP contribution in [0.5, 0.6) is 0 Å². The van der Waals surface area contributed by atoms with E-state index in [1.807, 2.05) is 6.92 Å². The molecule has 21 heavy (non-hydrogen) atoms. The topological polar surface area (TPSA) is 66.5 Å². The van der Waals surface area contributed by atoms with Crippen LogP contribution in [0.1, 0.15) is 46.9 Å². The number of halogens is 1. The van der Waals surface area contributed by atoms with Gasteiger partial charge in [-0.1, -0.05) is 24.9 Å². The Labute approximate surface area is 128 Å². The Morgan fingerprint density at radius 2 is 1.95 bits per heavy atom. The Kier molecular flexibility index (Phi) is 4.96. The summed E-state index contributed by atoms with van der Waals surface area (Å²) in [5, 5.41) is 3.13. The third-order valence-corrected chi connectivity index (χ3v) is 3.58. The highest BCUT2D eigenvalue weighted by Crippen LogP contribution is 2.25. The molecule has 0 saturated carbocycles. The molecular formula is C15H17ClN2O3. The molecule has 0 aromatic heterocycles. The van der Waals surface area contributed by atoms with E-state index in [1.54, 1.807) is 12.1 Å². The molecule has 1 N–H and O–H groups in total. The lowest BCUT2D eigenvalue weighted by molar-refractivity contribution is -0.121. The molecular weight excluding hydrogens is 292 g/mol. The Morgan fingerprint density at radius 3 is 2.67 bits per heavy atom. The summed E-state index contributed by atoms with van der Waals surface area (Å²) in [5.74, 6) is -0.758. The number of nitrogens with one attached hydrogen (secondary N) is 1. The molecule has 1 aliphatic heterocycles. The molecule has 112 valence electrons. The van der Waals surface area contributed by atoms with Crippen LogP contribution >= 0.6 is 11.6 Å². The molecule has 1 aromatic rings. The van der Waals surface area contributed by atoms with E-state index in [0.717, 1.165) is 17.7 Å². The number of carbonyl (C=O) groups is 3. The normalized spacial score (nSPS) is 13.5. The van der Waals surface area contributed by atoms with Crippen molar-refractivity contribution in [1.82, 2.24) is 10.2 Å². The number of carbonyl (C=O) groups excluding carboxylic acids is 3. The number of fused-ring (bicyclic) bond motifs is 1. The van der Waals surface area contributed by atoms with Gasteiger partial charge in [-0.15, -0.1) is 0 Å². The van der Waals surface area contributed by atoms with Crippen LogP contribution in [-0.2, 0) is 4.79 Å². The lowest BCUT2D eigenvalue weighted by Gasteiger charge is -2.14.